The van der Waals surface area contributed by atoms with Crippen molar-refractivity contribution in [2.45, 2.75) is 62.6 Å². The maximum atomic E-state index is 12.4. The standard InChI is InChI=1S/C15H26BrNO3S2/c1-3-5-6-7-8-12(4-2)13(11-18)17-22(19,20)15-10-9-14(16)21-15/h9-10,12-13,17-18H,3-8,11H2,1-2H3. The van der Waals surface area contributed by atoms with E-state index in [9.17, 15) is 13.5 Å². The zero-order valence-electron chi connectivity index (χ0n) is 13.2. The van der Waals surface area contributed by atoms with E-state index in [0.717, 1.165) is 29.5 Å². The average Bonchev–Trinajstić information content (AvgIpc) is 2.93. The predicted octanol–water partition coefficient (Wildman–Crippen LogP) is 4.15. The molecule has 0 spiro atoms. The molecule has 1 rings (SSSR count). The molecule has 0 fully saturated rings. The first-order valence-electron chi connectivity index (χ1n) is 7.83. The highest BCUT2D eigenvalue weighted by molar-refractivity contribution is 9.11. The minimum atomic E-state index is -3.56. The van der Waals surface area contributed by atoms with Gasteiger partial charge in [0.1, 0.15) is 4.21 Å². The van der Waals surface area contributed by atoms with E-state index in [0.29, 0.717) is 0 Å². The number of hydrogen-bond acceptors (Lipinski definition) is 4. The van der Waals surface area contributed by atoms with Crippen LogP contribution in [0.5, 0.6) is 0 Å². The van der Waals surface area contributed by atoms with Gasteiger partial charge in [-0.1, -0.05) is 46.0 Å². The van der Waals surface area contributed by atoms with Gasteiger partial charge in [0.05, 0.1) is 10.4 Å². The summed E-state index contributed by atoms with van der Waals surface area (Å²) in [4.78, 5) is 0. The van der Waals surface area contributed by atoms with Gasteiger partial charge < -0.3 is 5.11 Å². The Morgan fingerprint density at radius 2 is 2.00 bits per heavy atom. The maximum absolute atomic E-state index is 12.4. The molecule has 0 bridgehead atoms. The summed E-state index contributed by atoms with van der Waals surface area (Å²) in [5.74, 6) is 0.167. The van der Waals surface area contributed by atoms with Gasteiger partial charge in [-0.25, -0.2) is 13.1 Å². The number of halogens is 1. The molecular formula is C15H26BrNO3S2. The van der Waals surface area contributed by atoms with Gasteiger partial charge in [-0.3, -0.25) is 0 Å². The highest BCUT2D eigenvalue weighted by Gasteiger charge is 2.26. The van der Waals surface area contributed by atoms with E-state index < -0.39 is 16.1 Å². The van der Waals surface area contributed by atoms with E-state index in [1.165, 1.54) is 24.2 Å². The molecule has 0 aliphatic heterocycles. The number of nitrogens with one attached hydrogen (secondary N) is 1. The summed E-state index contributed by atoms with van der Waals surface area (Å²) in [7, 11) is -3.56. The zero-order chi connectivity index (χ0) is 16.6. The molecule has 0 amide bonds. The molecule has 0 radical (unpaired) electrons. The van der Waals surface area contributed by atoms with Crippen LogP contribution in [-0.4, -0.2) is 26.2 Å². The zero-order valence-corrected chi connectivity index (χ0v) is 16.4. The summed E-state index contributed by atoms with van der Waals surface area (Å²) in [5, 5.41) is 9.61. The van der Waals surface area contributed by atoms with Crippen LogP contribution in [0.2, 0.25) is 0 Å². The van der Waals surface area contributed by atoms with Gasteiger partial charge in [0.2, 0.25) is 10.0 Å². The van der Waals surface area contributed by atoms with E-state index >= 15 is 0 Å². The third-order valence-corrected chi connectivity index (χ3v) is 7.44. The number of thiophene rings is 1. The molecule has 1 aromatic rings. The molecule has 0 aromatic carbocycles. The second kappa shape index (κ2) is 10.0. The molecule has 4 nitrogen and oxygen atoms in total. The van der Waals surface area contributed by atoms with Crippen molar-refractivity contribution in [1.82, 2.24) is 4.72 Å². The molecular weight excluding hydrogens is 386 g/mol. The van der Waals surface area contributed by atoms with Gasteiger partial charge in [-0.2, -0.15) is 0 Å². The minimum absolute atomic E-state index is 0.167. The van der Waals surface area contributed by atoms with Crippen molar-refractivity contribution in [3.8, 4) is 0 Å². The van der Waals surface area contributed by atoms with Crippen LogP contribution >= 0.6 is 27.3 Å². The monoisotopic (exact) mass is 411 g/mol. The molecule has 2 atom stereocenters. The summed E-state index contributed by atoms with van der Waals surface area (Å²) in [5.41, 5.74) is 0. The topological polar surface area (TPSA) is 66.4 Å². The third-order valence-electron chi connectivity index (χ3n) is 3.84. The lowest BCUT2D eigenvalue weighted by Gasteiger charge is -2.25. The highest BCUT2D eigenvalue weighted by atomic mass is 79.9. The lowest BCUT2D eigenvalue weighted by atomic mass is 9.92. The van der Waals surface area contributed by atoms with Crippen LogP contribution in [-0.2, 0) is 10.0 Å². The van der Waals surface area contributed by atoms with Crippen LogP contribution < -0.4 is 4.72 Å². The largest absolute Gasteiger partial charge is 0.395 e. The molecule has 1 aromatic heterocycles. The molecule has 2 unspecified atom stereocenters. The summed E-state index contributed by atoms with van der Waals surface area (Å²) >= 11 is 4.45. The Morgan fingerprint density at radius 3 is 2.50 bits per heavy atom. The van der Waals surface area contributed by atoms with Crippen molar-refractivity contribution < 1.29 is 13.5 Å². The van der Waals surface area contributed by atoms with E-state index in [2.05, 4.69) is 27.6 Å². The molecule has 2 N–H and O–H groups in total. The summed E-state index contributed by atoms with van der Waals surface area (Å²) in [6.07, 6.45) is 6.42. The van der Waals surface area contributed by atoms with Crippen LogP contribution in [0, 0.1) is 5.92 Å². The Kier molecular flexibility index (Phi) is 9.16. The molecule has 0 aliphatic carbocycles. The Labute approximate surface area is 146 Å². The van der Waals surface area contributed by atoms with Gasteiger partial charge in [-0.15, -0.1) is 11.3 Å². The van der Waals surface area contributed by atoms with E-state index in [4.69, 9.17) is 0 Å². The van der Waals surface area contributed by atoms with Crippen LogP contribution in [0.15, 0.2) is 20.1 Å². The second-order valence-electron chi connectivity index (χ2n) is 5.49. The van der Waals surface area contributed by atoms with Crippen LogP contribution in [0.4, 0.5) is 0 Å². The van der Waals surface area contributed by atoms with Crippen LogP contribution in [0.3, 0.4) is 0 Å². The van der Waals surface area contributed by atoms with Gasteiger partial charge in [0.15, 0.2) is 0 Å². The third kappa shape index (κ3) is 6.28. The van der Waals surface area contributed by atoms with E-state index in [1.807, 2.05) is 6.92 Å². The number of unbranched alkanes of at least 4 members (excludes halogenated alkanes) is 3. The van der Waals surface area contributed by atoms with Crippen molar-refractivity contribution in [2.24, 2.45) is 5.92 Å². The predicted molar refractivity (Wildman–Crippen MR) is 95.8 cm³/mol. The number of rotatable bonds is 11. The Bertz CT molecular complexity index is 531. The van der Waals surface area contributed by atoms with Crippen molar-refractivity contribution in [1.29, 1.82) is 0 Å². The molecule has 128 valence electrons. The average molecular weight is 412 g/mol. The molecule has 0 saturated heterocycles. The van der Waals surface area contributed by atoms with Crippen LogP contribution in [0.25, 0.3) is 0 Å². The number of hydrogen-bond donors (Lipinski definition) is 2. The van der Waals surface area contributed by atoms with E-state index in [1.54, 1.807) is 12.1 Å². The summed E-state index contributed by atoms with van der Waals surface area (Å²) in [6.45, 7) is 4.04. The summed E-state index contributed by atoms with van der Waals surface area (Å²) < 4.78 is 28.5. The molecule has 0 aliphatic rings. The fourth-order valence-corrected chi connectivity index (χ4v) is 5.83. The van der Waals surface area contributed by atoms with Gasteiger partial charge in [-0.05, 0) is 40.4 Å². The lowest BCUT2D eigenvalue weighted by Crippen LogP contribution is -2.42. The smallest absolute Gasteiger partial charge is 0.250 e. The fourth-order valence-electron chi connectivity index (χ4n) is 2.51. The Morgan fingerprint density at radius 1 is 1.27 bits per heavy atom. The summed E-state index contributed by atoms with van der Waals surface area (Å²) in [6, 6.07) is 2.88. The maximum Gasteiger partial charge on any atom is 0.250 e. The van der Waals surface area contributed by atoms with Crippen molar-refractivity contribution in [2.75, 3.05) is 6.61 Å². The quantitative estimate of drug-likeness (QED) is 0.537. The van der Waals surface area contributed by atoms with Gasteiger partial charge in [0, 0.05) is 6.04 Å². The molecule has 7 heteroatoms. The Balaban J connectivity index is 2.68. The highest BCUT2D eigenvalue weighted by Crippen LogP contribution is 2.27. The number of aliphatic hydroxyl groups excluding tert-OH is 1. The Hall–Kier alpha value is 0.0500. The molecule has 1 heterocycles. The van der Waals surface area contributed by atoms with Crippen molar-refractivity contribution >= 4 is 37.3 Å². The van der Waals surface area contributed by atoms with Gasteiger partial charge >= 0.3 is 0 Å². The minimum Gasteiger partial charge on any atom is -0.395 e. The normalized spacial score (nSPS) is 14.9. The molecule has 0 saturated carbocycles. The number of sulfonamides is 1. The first-order chi connectivity index (χ1) is 10.4. The van der Waals surface area contributed by atoms with Crippen LogP contribution in [0.1, 0.15) is 52.4 Å². The number of aliphatic hydroxyl groups is 1. The first kappa shape index (κ1) is 20.1. The molecule has 22 heavy (non-hydrogen) atoms. The fraction of sp³-hybridized carbons (Fsp3) is 0.733. The van der Waals surface area contributed by atoms with E-state index in [-0.39, 0.29) is 16.7 Å². The van der Waals surface area contributed by atoms with Gasteiger partial charge in [0.25, 0.3) is 0 Å². The first-order valence-corrected chi connectivity index (χ1v) is 10.9. The van der Waals surface area contributed by atoms with Crippen molar-refractivity contribution in [3.63, 3.8) is 0 Å². The van der Waals surface area contributed by atoms with Crippen molar-refractivity contribution in [3.05, 3.63) is 15.9 Å². The lowest BCUT2D eigenvalue weighted by molar-refractivity contribution is 0.203. The SMILES string of the molecule is CCCCCCC(CC)C(CO)NS(=O)(=O)c1ccc(Br)s1. The second-order valence-corrected chi connectivity index (χ2v) is 9.89.